The highest BCUT2D eigenvalue weighted by Crippen LogP contribution is 2.22. The quantitative estimate of drug-likeness (QED) is 0.161. The molecule has 0 bridgehead atoms. The third-order valence-corrected chi connectivity index (χ3v) is 6.83. The first-order chi connectivity index (χ1) is 19.6. The highest BCUT2D eigenvalue weighted by atomic mass is 16.5. The van der Waals surface area contributed by atoms with Crippen LogP contribution in [0.25, 0.3) is 0 Å². The van der Waals surface area contributed by atoms with Crippen LogP contribution in [0, 0.1) is 0 Å². The summed E-state index contributed by atoms with van der Waals surface area (Å²) in [6, 6.07) is 2.39. The molecule has 41 heavy (non-hydrogen) atoms. The van der Waals surface area contributed by atoms with Gasteiger partial charge in [-0.2, -0.15) is 0 Å². The number of carbonyl (C=O) groups excluding carboxylic acids is 2. The summed E-state index contributed by atoms with van der Waals surface area (Å²) in [7, 11) is 3.03. The molecule has 0 aliphatic heterocycles. The molecule has 228 valence electrons. The minimum atomic E-state index is -0.638. The van der Waals surface area contributed by atoms with Crippen molar-refractivity contribution in [1.29, 1.82) is 0 Å². The number of aromatic nitrogens is 2. The van der Waals surface area contributed by atoms with Crippen molar-refractivity contribution in [3.8, 4) is 11.5 Å². The van der Waals surface area contributed by atoms with E-state index in [1.807, 2.05) is 6.92 Å². The molecule has 0 unspecified atom stereocenters. The first-order valence-electron chi connectivity index (χ1n) is 13.8. The molecule has 0 spiro atoms. The predicted octanol–water partition coefficient (Wildman–Crippen LogP) is 0.932. The molecule has 0 saturated carbocycles. The molecule has 0 aromatic carbocycles. The first kappa shape index (κ1) is 33.5. The Morgan fingerprint density at radius 2 is 1.24 bits per heavy atom. The maximum atomic E-state index is 12.8. The van der Waals surface area contributed by atoms with Crippen molar-refractivity contribution >= 4 is 11.8 Å². The maximum Gasteiger partial charge on any atom is 0.271 e. The van der Waals surface area contributed by atoms with Crippen molar-refractivity contribution in [2.24, 2.45) is 5.73 Å². The monoisotopic (exact) mass is 577 g/mol. The van der Waals surface area contributed by atoms with Crippen LogP contribution in [0.3, 0.4) is 0 Å². The number of nitrogens with one attached hydrogen (secondary N) is 2. The van der Waals surface area contributed by atoms with Crippen LogP contribution in [0.5, 0.6) is 11.5 Å². The van der Waals surface area contributed by atoms with Crippen molar-refractivity contribution in [2.75, 3.05) is 40.5 Å². The summed E-state index contributed by atoms with van der Waals surface area (Å²) in [6.45, 7) is 3.79. The number of methoxy groups -OCH3 is 2. The first-order valence-corrected chi connectivity index (χ1v) is 13.8. The van der Waals surface area contributed by atoms with Crippen LogP contribution < -0.4 is 27.2 Å². The fraction of sp³-hybridized carbons (Fsp3) is 0.571. The van der Waals surface area contributed by atoms with Crippen molar-refractivity contribution in [1.82, 2.24) is 19.8 Å². The second kappa shape index (κ2) is 16.6. The van der Waals surface area contributed by atoms with Crippen LogP contribution in [0.15, 0.2) is 34.1 Å². The van der Waals surface area contributed by atoms with Gasteiger partial charge in [-0.1, -0.05) is 13.3 Å². The van der Waals surface area contributed by atoms with E-state index in [1.165, 1.54) is 47.9 Å². The number of rotatable bonds is 18. The number of nitrogens with two attached hydrogens (primary N) is 1. The summed E-state index contributed by atoms with van der Waals surface area (Å²) >= 11 is 0. The van der Waals surface area contributed by atoms with Gasteiger partial charge in [0.05, 0.1) is 13.2 Å². The van der Waals surface area contributed by atoms with Gasteiger partial charge in [0.15, 0.2) is 22.9 Å². The molecule has 0 aliphatic rings. The second-order valence-corrected chi connectivity index (χ2v) is 9.96. The molecule has 2 rings (SSSR count). The Kier molecular flexibility index (Phi) is 13.5. The van der Waals surface area contributed by atoms with Gasteiger partial charge in [0, 0.05) is 70.5 Å². The Morgan fingerprint density at radius 1 is 0.829 bits per heavy atom. The number of carbonyl (C=O) groups is 2. The molecule has 0 radical (unpaired) electrons. The zero-order valence-electron chi connectivity index (χ0n) is 24.1. The smallest absolute Gasteiger partial charge is 0.271 e. The summed E-state index contributed by atoms with van der Waals surface area (Å²) < 4.78 is 13.0. The number of hydrogen-bond acceptors (Lipinski definition) is 9. The van der Waals surface area contributed by atoms with Gasteiger partial charge in [0.2, 0.25) is 10.9 Å². The lowest BCUT2D eigenvalue weighted by Gasteiger charge is -2.29. The topological polar surface area (TPSA) is 187 Å². The van der Waals surface area contributed by atoms with E-state index >= 15 is 0 Å². The van der Waals surface area contributed by atoms with Crippen molar-refractivity contribution in [2.45, 2.75) is 64.1 Å². The largest absolute Gasteiger partial charge is 0.503 e. The minimum absolute atomic E-state index is 0.116. The van der Waals surface area contributed by atoms with Gasteiger partial charge in [-0.3, -0.25) is 19.2 Å². The number of ether oxygens (including phenoxy) is 2. The van der Waals surface area contributed by atoms with Gasteiger partial charge in [-0.15, -0.1) is 0 Å². The Bertz CT molecular complexity index is 1180. The van der Waals surface area contributed by atoms with Crippen LogP contribution in [-0.4, -0.2) is 77.2 Å². The number of nitrogens with zero attached hydrogens (tertiary/aromatic N) is 2. The van der Waals surface area contributed by atoms with Crippen LogP contribution >= 0.6 is 0 Å². The van der Waals surface area contributed by atoms with Gasteiger partial charge < -0.3 is 45.2 Å². The van der Waals surface area contributed by atoms with E-state index in [1.54, 1.807) is 0 Å². The third-order valence-electron chi connectivity index (χ3n) is 6.83. The zero-order valence-corrected chi connectivity index (χ0v) is 24.1. The highest BCUT2D eigenvalue weighted by molar-refractivity contribution is 5.95. The highest BCUT2D eigenvalue weighted by Gasteiger charge is 2.24. The number of hydrogen-bond donors (Lipinski definition) is 5. The van der Waals surface area contributed by atoms with Gasteiger partial charge in [-0.05, 0) is 32.1 Å². The molecule has 0 saturated heterocycles. The van der Waals surface area contributed by atoms with Crippen molar-refractivity contribution in [3.63, 3.8) is 0 Å². The summed E-state index contributed by atoms with van der Waals surface area (Å²) in [4.78, 5) is 49.3. The van der Waals surface area contributed by atoms with E-state index in [2.05, 4.69) is 10.6 Å². The Balaban J connectivity index is 1.91. The van der Waals surface area contributed by atoms with Gasteiger partial charge in [0.25, 0.3) is 11.8 Å². The summed E-state index contributed by atoms with van der Waals surface area (Å²) in [5, 5.41) is 25.9. The van der Waals surface area contributed by atoms with Crippen LogP contribution in [0.1, 0.15) is 66.4 Å². The average Bonchev–Trinajstić information content (AvgIpc) is 2.94. The van der Waals surface area contributed by atoms with Gasteiger partial charge >= 0.3 is 0 Å². The Labute approximate surface area is 239 Å². The lowest BCUT2D eigenvalue weighted by molar-refractivity contribution is 0.0928. The van der Waals surface area contributed by atoms with E-state index < -0.39 is 39.7 Å². The number of amides is 2. The minimum Gasteiger partial charge on any atom is -0.503 e. The molecule has 2 heterocycles. The molecule has 2 aromatic rings. The molecular formula is C28H43N5O8. The lowest BCUT2D eigenvalue weighted by atomic mass is 9.85. The van der Waals surface area contributed by atoms with Crippen LogP contribution in [0.2, 0.25) is 0 Å². The fourth-order valence-electron chi connectivity index (χ4n) is 4.68. The molecule has 0 atom stereocenters. The molecule has 2 aromatic heterocycles. The van der Waals surface area contributed by atoms with Gasteiger partial charge in [0.1, 0.15) is 0 Å². The summed E-state index contributed by atoms with van der Waals surface area (Å²) in [5.74, 6) is -2.35. The number of pyridine rings is 2. The average molecular weight is 578 g/mol. The molecule has 2 amide bonds. The molecule has 0 fully saturated rings. The van der Waals surface area contributed by atoms with Gasteiger partial charge in [-0.25, -0.2) is 0 Å². The zero-order chi connectivity index (χ0) is 30.4. The maximum absolute atomic E-state index is 12.8. The van der Waals surface area contributed by atoms with E-state index in [0.717, 1.165) is 12.8 Å². The molecule has 0 aliphatic carbocycles. The summed E-state index contributed by atoms with van der Waals surface area (Å²) in [5.41, 5.74) is 4.65. The molecule has 6 N–H and O–H groups in total. The van der Waals surface area contributed by atoms with Crippen LogP contribution in [0.4, 0.5) is 0 Å². The van der Waals surface area contributed by atoms with E-state index in [0.29, 0.717) is 52.0 Å². The standard InChI is InChI=1S/C28H43N5O8/c1-4-9-28(29,10-5-12-30-26(38)22-24(36)20(34)7-14-32(22)16-18-40-2)11-6-13-31-27(39)23-25(37)21(35)8-15-33(23)17-19-41-3/h7-8,14-15,36-37H,4-6,9-13,16-19,29H2,1-3H3,(H,30,38)(H,31,39). The SMILES string of the molecule is CCCC(N)(CCCNC(=O)c1c(O)c(=O)ccn1CCOC)CCCNC(=O)c1c(O)c(=O)ccn1CCOC. The summed E-state index contributed by atoms with van der Waals surface area (Å²) in [6.07, 6.45) is 6.80. The third kappa shape index (κ3) is 9.73. The van der Waals surface area contributed by atoms with Crippen molar-refractivity contribution < 1.29 is 29.3 Å². The molecule has 13 nitrogen and oxygen atoms in total. The van der Waals surface area contributed by atoms with Crippen LogP contribution in [-0.2, 0) is 22.6 Å². The number of aromatic hydroxyl groups is 2. The fourth-order valence-corrected chi connectivity index (χ4v) is 4.68. The van der Waals surface area contributed by atoms with E-state index in [4.69, 9.17) is 15.2 Å². The second-order valence-electron chi connectivity index (χ2n) is 9.96. The predicted molar refractivity (Wildman–Crippen MR) is 153 cm³/mol. The lowest BCUT2D eigenvalue weighted by Crippen LogP contribution is -2.41. The van der Waals surface area contributed by atoms with Crippen molar-refractivity contribution in [3.05, 3.63) is 56.4 Å². The Hall–Kier alpha value is -3.68. The normalized spacial score (nSPS) is 11.4. The molecular weight excluding hydrogens is 534 g/mol. The Morgan fingerprint density at radius 3 is 1.61 bits per heavy atom. The van der Waals surface area contributed by atoms with E-state index in [-0.39, 0.29) is 24.5 Å². The molecule has 13 heteroatoms. The van der Waals surface area contributed by atoms with E-state index in [9.17, 15) is 29.4 Å².